The lowest BCUT2D eigenvalue weighted by atomic mass is 10.1. The maximum atomic E-state index is 12.5. The van der Waals surface area contributed by atoms with Gasteiger partial charge in [0.25, 0.3) is 0 Å². The molecule has 1 N–H and O–H groups in total. The van der Waals surface area contributed by atoms with E-state index >= 15 is 0 Å². The highest BCUT2D eigenvalue weighted by molar-refractivity contribution is 9.10. The molecule has 128 valence electrons. The summed E-state index contributed by atoms with van der Waals surface area (Å²) in [6.07, 6.45) is -4.67. The zero-order valence-electron chi connectivity index (χ0n) is 11.8. The number of hydrogen-bond acceptors (Lipinski definition) is 3. The van der Waals surface area contributed by atoms with Crippen molar-refractivity contribution in [3.05, 3.63) is 28.2 Å². The topological polar surface area (TPSA) is 24.5 Å². The maximum absolute atomic E-state index is 12.5. The number of ether oxygens (including phenoxy) is 1. The molecule has 2 rings (SSSR count). The van der Waals surface area contributed by atoms with Gasteiger partial charge in [-0.25, -0.2) is 0 Å². The molecule has 22 heavy (non-hydrogen) atoms. The zero-order valence-corrected chi connectivity index (χ0v) is 15.0. The molecule has 0 aliphatic carbocycles. The molecule has 0 saturated carbocycles. The van der Waals surface area contributed by atoms with Crippen LogP contribution in [0.1, 0.15) is 18.5 Å². The van der Waals surface area contributed by atoms with E-state index in [-0.39, 0.29) is 36.6 Å². The SMILES string of the molecule is C[C@H](c1cc(Br)ccc1OC(F)(F)F)N1CCNCC1.Cl.Cl. The molecule has 9 heteroatoms. The molecule has 1 saturated heterocycles. The van der Waals surface area contributed by atoms with E-state index in [9.17, 15) is 13.2 Å². The van der Waals surface area contributed by atoms with E-state index < -0.39 is 6.36 Å². The highest BCUT2D eigenvalue weighted by Crippen LogP contribution is 2.35. The molecule has 1 atom stereocenters. The van der Waals surface area contributed by atoms with Gasteiger partial charge in [0.15, 0.2) is 0 Å². The molecule has 1 heterocycles. The van der Waals surface area contributed by atoms with Gasteiger partial charge in [0.1, 0.15) is 5.75 Å². The van der Waals surface area contributed by atoms with Crippen LogP contribution >= 0.6 is 40.7 Å². The predicted molar refractivity (Wildman–Crippen MR) is 88.2 cm³/mol. The Morgan fingerprint density at radius 2 is 1.82 bits per heavy atom. The lowest BCUT2D eigenvalue weighted by Crippen LogP contribution is -2.44. The Labute approximate surface area is 148 Å². The number of nitrogens with one attached hydrogen (secondary N) is 1. The molecule has 1 aromatic carbocycles. The van der Waals surface area contributed by atoms with Crippen LogP contribution in [0, 0.1) is 0 Å². The Hall–Kier alpha value is -0.210. The number of rotatable bonds is 3. The third kappa shape index (κ3) is 6.12. The Balaban J connectivity index is 0.00000220. The summed E-state index contributed by atoms with van der Waals surface area (Å²) in [5, 5.41) is 3.22. The van der Waals surface area contributed by atoms with Gasteiger partial charge in [0.05, 0.1) is 0 Å². The van der Waals surface area contributed by atoms with Crippen molar-refractivity contribution in [3.63, 3.8) is 0 Å². The average Bonchev–Trinajstić information content (AvgIpc) is 2.39. The quantitative estimate of drug-likeness (QED) is 0.786. The lowest BCUT2D eigenvalue weighted by molar-refractivity contribution is -0.275. The normalized spacial score (nSPS) is 17.1. The van der Waals surface area contributed by atoms with Gasteiger partial charge >= 0.3 is 6.36 Å². The number of benzene rings is 1. The summed E-state index contributed by atoms with van der Waals surface area (Å²) in [6, 6.07) is 4.46. The van der Waals surface area contributed by atoms with Gasteiger partial charge in [-0.3, -0.25) is 4.90 Å². The molecule has 1 aliphatic heterocycles. The number of nitrogens with zero attached hydrogens (tertiary/aromatic N) is 1. The summed E-state index contributed by atoms with van der Waals surface area (Å²) in [7, 11) is 0. The third-order valence-electron chi connectivity index (χ3n) is 3.35. The van der Waals surface area contributed by atoms with E-state index in [1.54, 1.807) is 12.1 Å². The number of halogens is 6. The van der Waals surface area contributed by atoms with Crippen molar-refractivity contribution in [1.82, 2.24) is 10.2 Å². The second kappa shape index (κ2) is 9.17. The van der Waals surface area contributed by atoms with Crippen LogP contribution in [-0.2, 0) is 0 Å². The van der Waals surface area contributed by atoms with E-state index in [4.69, 9.17) is 0 Å². The van der Waals surface area contributed by atoms with E-state index in [2.05, 4.69) is 30.9 Å². The minimum absolute atomic E-state index is 0. The lowest BCUT2D eigenvalue weighted by Gasteiger charge is -2.33. The standard InChI is InChI=1S/C13H16BrF3N2O.2ClH/c1-9(19-6-4-18-5-7-19)11-8-10(14)2-3-12(11)20-13(15,16)17;;/h2-3,8-9,18H,4-7H2,1H3;2*1H/t9-;;/m1../s1. The molecule has 0 radical (unpaired) electrons. The summed E-state index contributed by atoms with van der Waals surface area (Å²) < 4.78 is 42.3. The van der Waals surface area contributed by atoms with Crippen LogP contribution in [0.15, 0.2) is 22.7 Å². The van der Waals surface area contributed by atoms with Gasteiger partial charge in [-0.2, -0.15) is 0 Å². The molecule has 1 aliphatic rings. The Morgan fingerprint density at radius 3 is 2.36 bits per heavy atom. The Kier molecular flexibility index (Phi) is 9.09. The first kappa shape index (κ1) is 21.8. The van der Waals surface area contributed by atoms with Crippen molar-refractivity contribution in [2.45, 2.75) is 19.3 Å². The number of alkyl halides is 3. The summed E-state index contributed by atoms with van der Waals surface area (Å²) in [4.78, 5) is 2.14. The Morgan fingerprint density at radius 1 is 1.23 bits per heavy atom. The largest absolute Gasteiger partial charge is 0.573 e. The van der Waals surface area contributed by atoms with Crippen LogP contribution in [0.2, 0.25) is 0 Å². The van der Waals surface area contributed by atoms with Gasteiger partial charge in [-0.15, -0.1) is 38.0 Å². The third-order valence-corrected chi connectivity index (χ3v) is 3.84. The fourth-order valence-electron chi connectivity index (χ4n) is 2.33. The van der Waals surface area contributed by atoms with Gasteiger partial charge in [-0.05, 0) is 25.1 Å². The monoisotopic (exact) mass is 424 g/mol. The van der Waals surface area contributed by atoms with Crippen LogP contribution in [0.5, 0.6) is 5.75 Å². The summed E-state index contributed by atoms with van der Waals surface area (Å²) >= 11 is 3.30. The highest BCUT2D eigenvalue weighted by atomic mass is 79.9. The van der Waals surface area contributed by atoms with Crippen LogP contribution in [0.4, 0.5) is 13.2 Å². The molecule has 0 aromatic heterocycles. The fourth-order valence-corrected chi connectivity index (χ4v) is 2.71. The van der Waals surface area contributed by atoms with Gasteiger partial charge < -0.3 is 10.1 Å². The molecular formula is C13H18BrCl2F3N2O. The van der Waals surface area contributed by atoms with E-state index in [1.807, 2.05) is 6.92 Å². The van der Waals surface area contributed by atoms with Crippen molar-refractivity contribution in [3.8, 4) is 5.75 Å². The minimum Gasteiger partial charge on any atom is -0.405 e. The van der Waals surface area contributed by atoms with Crippen LogP contribution < -0.4 is 10.1 Å². The van der Waals surface area contributed by atoms with E-state index in [0.717, 1.165) is 30.7 Å². The minimum atomic E-state index is -4.67. The van der Waals surface area contributed by atoms with E-state index in [0.29, 0.717) is 5.56 Å². The summed E-state index contributed by atoms with van der Waals surface area (Å²) in [6.45, 7) is 5.19. The molecule has 3 nitrogen and oxygen atoms in total. The second-order valence-corrected chi connectivity index (χ2v) is 5.61. The molecule has 0 bridgehead atoms. The first-order valence-corrected chi connectivity index (χ1v) is 7.16. The van der Waals surface area contributed by atoms with Crippen molar-refractivity contribution < 1.29 is 17.9 Å². The maximum Gasteiger partial charge on any atom is 0.573 e. The predicted octanol–water partition coefficient (Wildman–Crippen LogP) is 4.16. The number of piperazine rings is 1. The van der Waals surface area contributed by atoms with Crippen LogP contribution in [-0.4, -0.2) is 37.4 Å². The van der Waals surface area contributed by atoms with Gasteiger partial charge in [0.2, 0.25) is 0 Å². The second-order valence-electron chi connectivity index (χ2n) is 4.69. The van der Waals surface area contributed by atoms with Crippen molar-refractivity contribution in [1.29, 1.82) is 0 Å². The molecule has 0 spiro atoms. The van der Waals surface area contributed by atoms with Crippen molar-refractivity contribution in [2.75, 3.05) is 26.2 Å². The fraction of sp³-hybridized carbons (Fsp3) is 0.538. The molecular weight excluding hydrogens is 408 g/mol. The van der Waals surface area contributed by atoms with Crippen molar-refractivity contribution >= 4 is 40.7 Å². The molecule has 1 aromatic rings. The smallest absolute Gasteiger partial charge is 0.405 e. The Bertz CT molecular complexity index is 471. The molecule has 1 fully saturated rings. The molecule has 0 amide bonds. The van der Waals surface area contributed by atoms with Gasteiger partial charge in [0, 0.05) is 42.3 Å². The van der Waals surface area contributed by atoms with Gasteiger partial charge in [-0.1, -0.05) is 15.9 Å². The summed E-state index contributed by atoms with van der Waals surface area (Å²) in [5.41, 5.74) is 0.540. The summed E-state index contributed by atoms with van der Waals surface area (Å²) in [5.74, 6) is -0.133. The number of hydrogen-bond donors (Lipinski definition) is 1. The highest BCUT2D eigenvalue weighted by Gasteiger charge is 2.33. The molecule has 0 unspecified atom stereocenters. The van der Waals surface area contributed by atoms with Crippen molar-refractivity contribution in [2.24, 2.45) is 0 Å². The first-order valence-electron chi connectivity index (χ1n) is 6.37. The van der Waals surface area contributed by atoms with E-state index in [1.165, 1.54) is 6.07 Å². The average molecular weight is 426 g/mol. The van der Waals surface area contributed by atoms with Crippen LogP contribution in [0.25, 0.3) is 0 Å². The first-order chi connectivity index (χ1) is 9.37. The van der Waals surface area contributed by atoms with Crippen LogP contribution in [0.3, 0.4) is 0 Å². The zero-order chi connectivity index (χ0) is 14.8.